The van der Waals surface area contributed by atoms with Crippen LogP contribution in [0.5, 0.6) is 5.75 Å². The molecule has 5 rings (SSSR count). The number of carbonyl (C=O) groups is 1. The summed E-state index contributed by atoms with van der Waals surface area (Å²) in [6.07, 6.45) is 10.3. The molecule has 2 aliphatic heterocycles. The number of amides is 1. The van der Waals surface area contributed by atoms with Crippen LogP contribution >= 0.6 is 0 Å². The number of anilines is 1. The number of ether oxygens (including phenoxy) is 2. The van der Waals surface area contributed by atoms with E-state index in [4.69, 9.17) is 15.9 Å². The molecule has 3 aromatic heterocycles. The maximum Gasteiger partial charge on any atom is 0.298 e. The fourth-order valence-electron chi connectivity index (χ4n) is 4.36. The summed E-state index contributed by atoms with van der Waals surface area (Å²) < 4.78 is 13.4. The Morgan fingerprint density at radius 3 is 2.83 bits per heavy atom. The highest BCUT2D eigenvalue weighted by Crippen LogP contribution is 2.31. The number of morpholine rings is 1. The summed E-state index contributed by atoms with van der Waals surface area (Å²) in [6.45, 7) is 5.11. The average molecular weight is 472 g/mol. The second-order valence-electron chi connectivity index (χ2n) is 8.39. The van der Waals surface area contributed by atoms with Gasteiger partial charge in [-0.2, -0.15) is 10.4 Å². The van der Waals surface area contributed by atoms with Gasteiger partial charge in [0.1, 0.15) is 30.3 Å². The molecule has 0 aromatic carbocycles. The molecule has 0 unspecified atom stereocenters. The molecule has 3 aromatic rings. The van der Waals surface area contributed by atoms with Gasteiger partial charge in [0.05, 0.1) is 30.1 Å². The molecule has 10 heteroatoms. The quantitative estimate of drug-likeness (QED) is 0.548. The van der Waals surface area contributed by atoms with Crippen molar-refractivity contribution in [3.05, 3.63) is 42.4 Å². The maximum absolute atomic E-state index is 11.7. The summed E-state index contributed by atoms with van der Waals surface area (Å²) in [7, 11) is 0. The predicted molar refractivity (Wildman–Crippen MR) is 129 cm³/mol. The van der Waals surface area contributed by atoms with E-state index < -0.39 is 0 Å². The van der Waals surface area contributed by atoms with Gasteiger partial charge in [0.15, 0.2) is 0 Å². The summed E-state index contributed by atoms with van der Waals surface area (Å²) in [5.41, 5.74) is 2.83. The monoisotopic (exact) mass is 471 g/mol. The summed E-state index contributed by atoms with van der Waals surface area (Å²) in [5, 5.41) is 17.3. The number of nitrogens with one attached hydrogen (secondary N) is 1. The fraction of sp³-hybridized carbons (Fsp3) is 0.360. The summed E-state index contributed by atoms with van der Waals surface area (Å²) in [4.78, 5) is 20.2. The Bertz CT molecular complexity index is 1290. The summed E-state index contributed by atoms with van der Waals surface area (Å²) >= 11 is 0. The standard InChI is InChI=1S/C25H25N7O3/c1-2-24(33)31-8-6-30(7-9-31)23-4-3-18(13-28-23)22-11-20(35-17-21-15-27-5-10-34-21)16-32-25(22)19(12-26)14-29-32/h1,3-4,11,13-14,16,21,27H,5-10,15,17H2/t21-/m0/s1. The van der Waals surface area contributed by atoms with Crippen LogP contribution in [0.3, 0.4) is 0 Å². The van der Waals surface area contributed by atoms with Gasteiger partial charge in [-0.1, -0.05) is 0 Å². The van der Waals surface area contributed by atoms with Crippen molar-refractivity contribution >= 4 is 17.2 Å². The Balaban J connectivity index is 1.38. The summed E-state index contributed by atoms with van der Waals surface area (Å²) in [6, 6.07) is 8.05. The minimum Gasteiger partial charge on any atom is -0.489 e. The normalized spacial score (nSPS) is 18.2. The van der Waals surface area contributed by atoms with Crippen LogP contribution in [0.2, 0.25) is 0 Å². The molecule has 0 aliphatic carbocycles. The first-order valence-corrected chi connectivity index (χ1v) is 11.5. The van der Waals surface area contributed by atoms with Crippen LogP contribution < -0.4 is 15.0 Å². The van der Waals surface area contributed by atoms with Gasteiger partial charge < -0.3 is 24.6 Å². The largest absolute Gasteiger partial charge is 0.489 e. The number of nitrogens with zero attached hydrogens (tertiary/aromatic N) is 6. The third-order valence-electron chi connectivity index (χ3n) is 6.22. The lowest BCUT2D eigenvalue weighted by molar-refractivity contribution is -0.125. The van der Waals surface area contributed by atoms with E-state index in [1.54, 1.807) is 28.0 Å². The van der Waals surface area contributed by atoms with Gasteiger partial charge in [-0.15, -0.1) is 6.42 Å². The predicted octanol–water partition coefficient (Wildman–Crippen LogP) is 0.917. The number of terminal acetylenes is 1. The lowest BCUT2D eigenvalue weighted by atomic mass is 10.1. The molecule has 10 nitrogen and oxygen atoms in total. The minimum atomic E-state index is -0.278. The molecule has 178 valence electrons. The highest BCUT2D eigenvalue weighted by atomic mass is 16.5. The molecule has 0 saturated carbocycles. The SMILES string of the molecule is C#CC(=O)N1CCN(c2ccc(-c3cc(OC[C@@H]4CNCCO4)cn4ncc(C#N)c34)cn2)CC1. The van der Waals surface area contributed by atoms with Crippen LogP contribution in [-0.2, 0) is 9.53 Å². The van der Waals surface area contributed by atoms with Crippen LogP contribution in [0.15, 0.2) is 36.8 Å². The van der Waals surface area contributed by atoms with Gasteiger partial charge in [0.25, 0.3) is 5.91 Å². The Morgan fingerprint density at radius 1 is 1.29 bits per heavy atom. The van der Waals surface area contributed by atoms with E-state index in [0.717, 1.165) is 30.0 Å². The average Bonchev–Trinajstić information content (AvgIpc) is 3.35. The van der Waals surface area contributed by atoms with Gasteiger partial charge in [0, 0.05) is 56.6 Å². The highest BCUT2D eigenvalue weighted by Gasteiger charge is 2.21. The van der Waals surface area contributed by atoms with Crippen LogP contribution in [0.4, 0.5) is 5.82 Å². The Hall–Kier alpha value is -4.12. The second kappa shape index (κ2) is 10.0. The Kier molecular flexibility index (Phi) is 6.49. The van der Waals surface area contributed by atoms with Crippen LogP contribution in [0, 0.1) is 23.7 Å². The van der Waals surface area contributed by atoms with E-state index in [1.807, 2.05) is 18.2 Å². The summed E-state index contributed by atoms with van der Waals surface area (Å²) in [5.74, 6) is 3.35. The molecule has 1 amide bonds. The molecule has 0 radical (unpaired) electrons. The van der Waals surface area contributed by atoms with Crippen molar-refractivity contribution in [2.75, 3.05) is 57.4 Å². The number of nitriles is 1. The lowest BCUT2D eigenvalue weighted by Gasteiger charge is -2.34. The molecule has 35 heavy (non-hydrogen) atoms. The zero-order valence-corrected chi connectivity index (χ0v) is 19.2. The van der Waals surface area contributed by atoms with E-state index >= 15 is 0 Å². The maximum atomic E-state index is 11.7. The topological polar surface area (TPSA) is 108 Å². The van der Waals surface area contributed by atoms with E-state index in [-0.39, 0.29) is 12.0 Å². The number of hydrogen-bond acceptors (Lipinski definition) is 8. The molecular weight excluding hydrogens is 446 g/mol. The zero-order valence-electron chi connectivity index (χ0n) is 19.2. The first-order valence-electron chi connectivity index (χ1n) is 11.5. The van der Waals surface area contributed by atoms with E-state index in [1.165, 1.54) is 0 Å². The Morgan fingerprint density at radius 2 is 2.14 bits per heavy atom. The van der Waals surface area contributed by atoms with Gasteiger partial charge in [-0.3, -0.25) is 4.79 Å². The number of pyridine rings is 2. The van der Waals surface area contributed by atoms with Gasteiger partial charge >= 0.3 is 0 Å². The molecular formula is C25H25N7O3. The number of rotatable bonds is 5. The van der Waals surface area contributed by atoms with Gasteiger partial charge in [-0.25, -0.2) is 9.50 Å². The van der Waals surface area contributed by atoms with E-state index in [9.17, 15) is 10.1 Å². The molecule has 5 heterocycles. The van der Waals surface area contributed by atoms with Crippen molar-refractivity contribution in [1.29, 1.82) is 5.26 Å². The molecule has 1 N–H and O–H groups in total. The number of fused-ring (bicyclic) bond motifs is 1. The number of hydrogen-bond donors (Lipinski definition) is 1. The van der Waals surface area contributed by atoms with Gasteiger partial charge in [-0.05, 0) is 24.1 Å². The first-order chi connectivity index (χ1) is 17.2. The molecule has 2 aliphatic rings. The van der Waals surface area contributed by atoms with Crippen LogP contribution in [0.25, 0.3) is 16.6 Å². The van der Waals surface area contributed by atoms with Gasteiger partial charge in [0.2, 0.25) is 0 Å². The molecule has 0 spiro atoms. The Labute approximate surface area is 203 Å². The zero-order chi connectivity index (χ0) is 24.2. The van der Waals surface area contributed by atoms with Crippen molar-refractivity contribution in [2.24, 2.45) is 0 Å². The molecule has 2 fully saturated rings. The second-order valence-corrected chi connectivity index (χ2v) is 8.39. The van der Waals surface area contributed by atoms with E-state index in [2.05, 4.69) is 32.3 Å². The number of carbonyl (C=O) groups excluding carboxylic acids is 1. The van der Waals surface area contributed by atoms with Crippen molar-refractivity contribution < 1.29 is 14.3 Å². The molecule has 1 atom stereocenters. The third kappa shape index (κ3) is 4.76. The molecule has 2 saturated heterocycles. The first kappa shape index (κ1) is 22.7. The van der Waals surface area contributed by atoms with E-state index in [0.29, 0.717) is 56.2 Å². The van der Waals surface area contributed by atoms with Crippen molar-refractivity contribution in [1.82, 2.24) is 24.8 Å². The number of aromatic nitrogens is 3. The third-order valence-corrected chi connectivity index (χ3v) is 6.22. The van der Waals surface area contributed by atoms with Crippen molar-refractivity contribution in [3.63, 3.8) is 0 Å². The smallest absolute Gasteiger partial charge is 0.298 e. The lowest BCUT2D eigenvalue weighted by Crippen LogP contribution is -2.48. The van der Waals surface area contributed by atoms with Crippen LogP contribution in [-0.4, -0.2) is 84.0 Å². The fourth-order valence-corrected chi connectivity index (χ4v) is 4.36. The van der Waals surface area contributed by atoms with Crippen LogP contribution in [0.1, 0.15) is 5.56 Å². The number of piperazine rings is 1. The highest BCUT2D eigenvalue weighted by molar-refractivity contribution is 5.93. The van der Waals surface area contributed by atoms with Crippen molar-refractivity contribution in [2.45, 2.75) is 6.10 Å². The van der Waals surface area contributed by atoms with Crippen molar-refractivity contribution in [3.8, 4) is 35.3 Å². The minimum absolute atomic E-state index is 0.0208. The molecule has 0 bridgehead atoms.